The number of pyridine rings is 1. The van der Waals surface area contributed by atoms with Crippen molar-refractivity contribution >= 4 is 11.4 Å². The van der Waals surface area contributed by atoms with Gasteiger partial charge in [-0.25, -0.2) is 9.50 Å². The summed E-state index contributed by atoms with van der Waals surface area (Å²) in [6.45, 7) is 2.50. The van der Waals surface area contributed by atoms with Crippen LogP contribution in [0.3, 0.4) is 0 Å². The number of H-pyrrole nitrogens is 1. The first-order valence-corrected chi connectivity index (χ1v) is 10.2. The van der Waals surface area contributed by atoms with E-state index in [9.17, 15) is 4.79 Å². The lowest BCUT2D eigenvalue weighted by Crippen LogP contribution is -2.41. The zero-order chi connectivity index (χ0) is 21.8. The number of fused-ring (bicyclic) bond motifs is 2. The summed E-state index contributed by atoms with van der Waals surface area (Å²) in [5, 5.41) is 16.9. The van der Waals surface area contributed by atoms with E-state index in [4.69, 9.17) is 9.52 Å². The van der Waals surface area contributed by atoms with E-state index in [0.717, 1.165) is 28.2 Å². The highest BCUT2D eigenvalue weighted by Crippen LogP contribution is 2.34. The Hall–Kier alpha value is -4.28. The zero-order valence-corrected chi connectivity index (χ0v) is 17.4. The third kappa shape index (κ3) is 2.74. The van der Waals surface area contributed by atoms with Gasteiger partial charge in [0.1, 0.15) is 11.7 Å². The quantitative estimate of drug-likeness (QED) is 0.465. The molecular weight excluding hydrogens is 410 g/mol. The molecule has 0 bridgehead atoms. The summed E-state index contributed by atoms with van der Waals surface area (Å²) in [5.74, 6) is -0.200. The Morgan fingerprint density at radius 1 is 1.28 bits per heavy atom. The number of hydrogen-bond donors (Lipinski definition) is 1. The smallest absolute Gasteiger partial charge is 0.312 e. The molecule has 0 fully saturated rings. The molecule has 1 atom stereocenters. The maximum atomic E-state index is 13.5. The summed E-state index contributed by atoms with van der Waals surface area (Å²) in [7, 11) is 1.77. The molecule has 32 heavy (non-hydrogen) atoms. The highest BCUT2D eigenvalue weighted by Gasteiger charge is 2.38. The van der Waals surface area contributed by atoms with Crippen molar-refractivity contribution in [2.45, 2.75) is 19.4 Å². The molecule has 1 amide bonds. The number of nitrogens with one attached hydrogen (secondary N) is 1. The Kier molecular flexibility index (Phi) is 3.97. The lowest BCUT2D eigenvalue weighted by molar-refractivity contribution is 0.0646. The molecule has 1 N–H and O–H groups in total. The summed E-state index contributed by atoms with van der Waals surface area (Å²) in [6, 6.07) is 7.26. The molecule has 0 spiro atoms. The van der Waals surface area contributed by atoms with Crippen LogP contribution in [-0.4, -0.2) is 56.9 Å². The van der Waals surface area contributed by atoms with E-state index < -0.39 is 6.04 Å². The van der Waals surface area contributed by atoms with Gasteiger partial charge in [0.2, 0.25) is 0 Å². The van der Waals surface area contributed by atoms with Gasteiger partial charge in [0.15, 0.2) is 0 Å². The van der Waals surface area contributed by atoms with Gasteiger partial charge in [-0.05, 0) is 30.7 Å². The fraction of sp³-hybridized carbons (Fsp3) is 0.238. The maximum Gasteiger partial charge on any atom is 0.312 e. The number of carbonyl (C=O) groups excluding carboxylic acids is 1. The summed E-state index contributed by atoms with van der Waals surface area (Å²) in [6.07, 6.45) is 5.82. The zero-order valence-electron chi connectivity index (χ0n) is 17.4. The number of carbonyl (C=O) groups is 1. The number of aromatic amines is 1. The highest BCUT2D eigenvalue weighted by atomic mass is 16.4. The Morgan fingerprint density at radius 2 is 2.19 bits per heavy atom. The second-order valence-corrected chi connectivity index (χ2v) is 7.76. The van der Waals surface area contributed by atoms with Crippen LogP contribution < -0.4 is 0 Å². The summed E-state index contributed by atoms with van der Waals surface area (Å²) >= 11 is 0. The van der Waals surface area contributed by atoms with Crippen LogP contribution in [0, 0.1) is 6.92 Å². The molecule has 5 aromatic rings. The molecule has 0 radical (unpaired) electrons. The first-order valence-electron chi connectivity index (χ1n) is 10.2. The van der Waals surface area contributed by atoms with Crippen LogP contribution in [0.2, 0.25) is 0 Å². The van der Waals surface area contributed by atoms with E-state index in [1.807, 2.05) is 35.8 Å². The van der Waals surface area contributed by atoms with Crippen LogP contribution >= 0.6 is 0 Å². The molecule has 160 valence electrons. The molecule has 0 saturated heterocycles. The van der Waals surface area contributed by atoms with Gasteiger partial charge in [-0.3, -0.25) is 9.48 Å². The second kappa shape index (κ2) is 6.87. The van der Waals surface area contributed by atoms with Crippen molar-refractivity contribution in [1.82, 2.24) is 44.5 Å². The van der Waals surface area contributed by atoms with Gasteiger partial charge in [0.05, 0.1) is 23.2 Å². The number of imidazole rings is 1. The van der Waals surface area contributed by atoms with Crippen molar-refractivity contribution in [3.63, 3.8) is 0 Å². The average molecular weight is 429 g/mol. The Bertz CT molecular complexity index is 1460. The van der Waals surface area contributed by atoms with E-state index >= 15 is 0 Å². The van der Waals surface area contributed by atoms with Gasteiger partial charge in [0.25, 0.3) is 5.89 Å². The first-order chi connectivity index (χ1) is 15.6. The molecule has 0 aromatic carbocycles. The predicted octanol–water partition coefficient (Wildman–Crippen LogP) is 1.94. The summed E-state index contributed by atoms with van der Waals surface area (Å²) < 4.78 is 9.16. The fourth-order valence-electron chi connectivity index (χ4n) is 4.22. The van der Waals surface area contributed by atoms with Crippen molar-refractivity contribution < 1.29 is 9.21 Å². The van der Waals surface area contributed by atoms with Crippen molar-refractivity contribution in [2.24, 2.45) is 7.05 Å². The third-order valence-electron chi connectivity index (χ3n) is 5.85. The summed E-state index contributed by atoms with van der Waals surface area (Å²) in [4.78, 5) is 22.9. The minimum Gasteiger partial charge on any atom is -0.411 e. The van der Waals surface area contributed by atoms with Gasteiger partial charge in [0, 0.05) is 38.1 Å². The minimum absolute atomic E-state index is 0.0786. The molecule has 1 aliphatic rings. The van der Waals surface area contributed by atoms with E-state index in [-0.39, 0.29) is 17.7 Å². The molecule has 6 heterocycles. The van der Waals surface area contributed by atoms with Gasteiger partial charge >= 0.3 is 11.8 Å². The number of aromatic nitrogens is 8. The van der Waals surface area contributed by atoms with Crippen molar-refractivity contribution in [3.8, 4) is 11.6 Å². The van der Waals surface area contributed by atoms with Crippen LogP contribution in [0.1, 0.15) is 39.4 Å². The summed E-state index contributed by atoms with van der Waals surface area (Å²) in [5.41, 5.74) is 5.21. The van der Waals surface area contributed by atoms with Crippen LogP contribution in [-0.2, 0) is 13.5 Å². The molecule has 0 aliphatic carbocycles. The maximum absolute atomic E-state index is 13.5. The van der Waals surface area contributed by atoms with Gasteiger partial charge in [-0.15, -0.1) is 10.2 Å². The third-order valence-corrected chi connectivity index (χ3v) is 5.85. The highest BCUT2D eigenvalue weighted by molar-refractivity contribution is 5.90. The number of aryl methyl sites for hydroxylation is 2. The van der Waals surface area contributed by atoms with Gasteiger partial charge in [-0.2, -0.15) is 10.2 Å². The standard InChI is InChI=1S/C21H19N9O2/c1-12-4-3-8-30-16(12)10-14(27-30)18-17-13(22-11-23-17)6-9-29(18)21(31)20-26-25-19(32-20)15-5-7-24-28(15)2/h3-5,7-8,10-11,18H,6,9H2,1-2H3,(H,22,23)/t18-/m1/s1. The number of nitrogens with zero attached hydrogens (tertiary/aromatic N) is 8. The van der Waals surface area contributed by atoms with Crippen molar-refractivity contribution in [2.75, 3.05) is 6.54 Å². The number of hydrogen-bond acceptors (Lipinski definition) is 7. The molecule has 5 aromatic heterocycles. The largest absolute Gasteiger partial charge is 0.411 e. The molecule has 11 heteroatoms. The minimum atomic E-state index is -0.469. The van der Waals surface area contributed by atoms with Crippen molar-refractivity contribution in [1.29, 1.82) is 0 Å². The van der Waals surface area contributed by atoms with Crippen LogP contribution in [0.15, 0.2) is 47.4 Å². The molecular formula is C21H19N9O2. The molecule has 6 rings (SSSR count). The fourth-order valence-corrected chi connectivity index (χ4v) is 4.22. The second-order valence-electron chi connectivity index (χ2n) is 7.76. The van der Waals surface area contributed by atoms with E-state index in [0.29, 0.717) is 18.7 Å². The molecule has 1 aliphatic heterocycles. The Labute approximate surface area is 181 Å². The molecule has 0 unspecified atom stereocenters. The topological polar surface area (TPSA) is 123 Å². The molecule has 0 saturated carbocycles. The SMILES string of the molecule is Cc1cccn2nc([C@@H]3c4nc[nH]c4CCN3C(=O)c3nnc(-c4ccnn4C)o3)cc12. The Morgan fingerprint density at radius 3 is 3.00 bits per heavy atom. The van der Waals surface area contributed by atoms with Crippen LogP contribution in [0.4, 0.5) is 0 Å². The Balaban J connectivity index is 1.42. The lowest BCUT2D eigenvalue weighted by Gasteiger charge is -2.32. The average Bonchev–Trinajstić information content (AvgIpc) is 3.57. The van der Waals surface area contributed by atoms with Gasteiger partial charge < -0.3 is 14.3 Å². The molecule has 11 nitrogen and oxygen atoms in total. The number of amides is 1. The monoisotopic (exact) mass is 429 g/mol. The van der Waals surface area contributed by atoms with E-state index in [1.54, 1.807) is 35.2 Å². The lowest BCUT2D eigenvalue weighted by atomic mass is 9.99. The van der Waals surface area contributed by atoms with Crippen LogP contribution in [0.5, 0.6) is 0 Å². The normalized spacial score (nSPS) is 15.9. The van der Waals surface area contributed by atoms with Gasteiger partial charge in [-0.1, -0.05) is 6.07 Å². The number of rotatable bonds is 3. The predicted molar refractivity (Wildman–Crippen MR) is 112 cm³/mol. The van der Waals surface area contributed by atoms with Crippen LogP contribution in [0.25, 0.3) is 17.1 Å². The van der Waals surface area contributed by atoms with E-state index in [2.05, 4.69) is 25.3 Å². The van der Waals surface area contributed by atoms with E-state index in [1.165, 1.54) is 0 Å². The van der Waals surface area contributed by atoms with Crippen molar-refractivity contribution in [3.05, 3.63) is 71.5 Å². The first kappa shape index (κ1) is 18.5.